The Labute approximate surface area is 100 Å². The Hall–Kier alpha value is -2.03. The molecule has 17 heavy (non-hydrogen) atoms. The largest absolute Gasteiger partial charge is 0.370 e. The molecule has 0 atom stereocenters. The van der Waals surface area contributed by atoms with Gasteiger partial charge in [-0.05, 0) is 19.8 Å². The summed E-state index contributed by atoms with van der Waals surface area (Å²) in [6.07, 6.45) is 1.98. The monoisotopic (exact) mass is 235 g/mol. The molecular formula is C11H17N5O. The first-order valence-electron chi connectivity index (χ1n) is 5.52. The number of aryl methyl sites for hydroxylation is 2. The van der Waals surface area contributed by atoms with E-state index < -0.39 is 0 Å². The Morgan fingerprint density at radius 1 is 1.59 bits per heavy atom. The molecule has 92 valence electrons. The zero-order valence-corrected chi connectivity index (χ0v) is 10.2. The van der Waals surface area contributed by atoms with Crippen LogP contribution in [-0.2, 0) is 11.8 Å². The van der Waals surface area contributed by atoms with Crippen molar-refractivity contribution < 1.29 is 4.79 Å². The molecule has 0 aromatic carbocycles. The highest BCUT2D eigenvalue weighted by Gasteiger charge is 2.11. The average molecular weight is 235 g/mol. The maximum atomic E-state index is 10.5. The van der Waals surface area contributed by atoms with Crippen molar-refractivity contribution in [3.8, 4) is 6.07 Å². The summed E-state index contributed by atoms with van der Waals surface area (Å²) in [5, 5.41) is 16.3. The number of rotatable bonds is 6. The molecule has 0 fully saturated rings. The van der Waals surface area contributed by atoms with Gasteiger partial charge in [-0.2, -0.15) is 10.4 Å². The molecule has 0 unspecified atom stereocenters. The number of amides is 1. The van der Waals surface area contributed by atoms with Crippen molar-refractivity contribution in [2.24, 2.45) is 12.8 Å². The van der Waals surface area contributed by atoms with Crippen molar-refractivity contribution in [3.05, 3.63) is 11.3 Å². The van der Waals surface area contributed by atoms with Crippen LogP contribution >= 0.6 is 0 Å². The average Bonchev–Trinajstić information content (AvgIpc) is 2.52. The zero-order chi connectivity index (χ0) is 12.8. The summed E-state index contributed by atoms with van der Waals surface area (Å²) >= 11 is 0. The van der Waals surface area contributed by atoms with Gasteiger partial charge in [-0.25, -0.2) is 0 Å². The first-order chi connectivity index (χ1) is 8.06. The second-order valence-electron chi connectivity index (χ2n) is 3.89. The number of carbonyl (C=O) groups is 1. The smallest absolute Gasteiger partial charge is 0.217 e. The third-order valence-corrected chi connectivity index (χ3v) is 2.48. The second kappa shape index (κ2) is 5.89. The van der Waals surface area contributed by atoms with Crippen molar-refractivity contribution in [2.75, 3.05) is 11.9 Å². The first-order valence-corrected chi connectivity index (χ1v) is 5.52. The second-order valence-corrected chi connectivity index (χ2v) is 3.89. The topological polar surface area (TPSA) is 96.7 Å². The van der Waals surface area contributed by atoms with E-state index in [1.54, 1.807) is 18.7 Å². The molecule has 3 N–H and O–H groups in total. The van der Waals surface area contributed by atoms with Gasteiger partial charge in [0.25, 0.3) is 0 Å². The first kappa shape index (κ1) is 13.0. The third-order valence-electron chi connectivity index (χ3n) is 2.48. The fourth-order valence-corrected chi connectivity index (χ4v) is 1.63. The number of hydrogen-bond donors (Lipinski definition) is 2. The fraction of sp³-hybridized carbons (Fsp3) is 0.545. The van der Waals surface area contributed by atoms with E-state index in [0.29, 0.717) is 18.5 Å². The predicted molar refractivity (Wildman–Crippen MR) is 64.2 cm³/mol. The fourth-order valence-electron chi connectivity index (χ4n) is 1.63. The summed E-state index contributed by atoms with van der Waals surface area (Å²) in [7, 11) is 1.79. The Balaban J connectivity index is 2.47. The lowest BCUT2D eigenvalue weighted by molar-refractivity contribution is -0.118. The van der Waals surface area contributed by atoms with Crippen LogP contribution < -0.4 is 11.1 Å². The van der Waals surface area contributed by atoms with Crippen LogP contribution in [0.25, 0.3) is 0 Å². The van der Waals surface area contributed by atoms with Crippen LogP contribution in [0.2, 0.25) is 0 Å². The zero-order valence-electron chi connectivity index (χ0n) is 10.2. The predicted octanol–water partition coefficient (Wildman–Crippen LogP) is 0.668. The van der Waals surface area contributed by atoms with Gasteiger partial charge in [0.15, 0.2) is 0 Å². The number of anilines is 1. The van der Waals surface area contributed by atoms with Crippen LogP contribution in [0.4, 0.5) is 5.82 Å². The molecule has 0 aliphatic heterocycles. The Morgan fingerprint density at radius 3 is 2.88 bits per heavy atom. The number of nitrogens with zero attached hydrogens (tertiary/aromatic N) is 3. The van der Waals surface area contributed by atoms with Gasteiger partial charge in [0.1, 0.15) is 17.5 Å². The lowest BCUT2D eigenvalue weighted by atomic mass is 10.2. The number of nitrogens with two attached hydrogens (primary N) is 1. The number of hydrogen-bond acceptors (Lipinski definition) is 4. The number of unbranched alkanes of at least 4 members (excludes halogenated alkanes) is 1. The van der Waals surface area contributed by atoms with Gasteiger partial charge in [-0.1, -0.05) is 0 Å². The summed E-state index contributed by atoms with van der Waals surface area (Å²) in [6, 6.07) is 2.12. The molecule has 1 aromatic heterocycles. The van der Waals surface area contributed by atoms with E-state index in [1.165, 1.54) is 0 Å². The van der Waals surface area contributed by atoms with Gasteiger partial charge in [0, 0.05) is 20.0 Å². The van der Waals surface area contributed by atoms with Gasteiger partial charge >= 0.3 is 0 Å². The molecule has 0 radical (unpaired) electrons. The highest BCUT2D eigenvalue weighted by molar-refractivity contribution is 5.73. The Kier molecular flexibility index (Phi) is 4.52. The van der Waals surface area contributed by atoms with Crippen LogP contribution in [0.1, 0.15) is 30.5 Å². The van der Waals surface area contributed by atoms with Gasteiger partial charge in [0.2, 0.25) is 5.91 Å². The summed E-state index contributed by atoms with van der Waals surface area (Å²) < 4.78 is 1.65. The highest BCUT2D eigenvalue weighted by atomic mass is 16.1. The van der Waals surface area contributed by atoms with Crippen LogP contribution in [0.3, 0.4) is 0 Å². The van der Waals surface area contributed by atoms with Gasteiger partial charge < -0.3 is 11.1 Å². The molecule has 0 aliphatic carbocycles. The van der Waals surface area contributed by atoms with E-state index in [4.69, 9.17) is 11.0 Å². The third kappa shape index (κ3) is 3.48. The minimum absolute atomic E-state index is 0.279. The minimum Gasteiger partial charge on any atom is -0.370 e. The summed E-state index contributed by atoms with van der Waals surface area (Å²) in [5.41, 5.74) is 6.33. The summed E-state index contributed by atoms with van der Waals surface area (Å²) in [4.78, 5) is 10.5. The normalized spacial score (nSPS) is 9.94. The molecule has 0 spiro atoms. The van der Waals surface area contributed by atoms with Gasteiger partial charge in [0.05, 0.1) is 5.69 Å². The number of nitrogens with one attached hydrogen (secondary N) is 1. The van der Waals surface area contributed by atoms with E-state index in [-0.39, 0.29) is 5.91 Å². The van der Waals surface area contributed by atoms with Crippen LogP contribution in [0.5, 0.6) is 0 Å². The molecule has 6 nitrogen and oxygen atoms in total. The number of aromatic nitrogens is 2. The van der Waals surface area contributed by atoms with Crippen LogP contribution in [0.15, 0.2) is 0 Å². The van der Waals surface area contributed by atoms with Crippen molar-refractivity contribution in [1.82, 2.24) is 9.78 Å². The number of nitriles is 1. The molecule has 1 rings (SSSR count). The SMILES string of the molecule is Cc1nn(C)c(NCCCCC(N)=O)c1C#N. The van der Waals surface area contributed by atoms with Crippen molar-refractivity contribution in [1.29, 1.82) is 5.26 Å². The molecule has 0 bridgehead atoms. The number of primary amides is 1. The van der Waals surface area contributed by atoms with Crippen LogP contribution in [0, 0.1) is 18.3 Å². The van der Waals surface area contributed by atoms with Crippen molar-refractivity contribution in [3.63, 3.8) is 0 Å². The molecular weight excluding hydrogens is 218 g/mol. The molecule has 1 amide bonds. The van der Waals surface area contributed by atoms with Crippen LogP contribution in [-0.4, -0.2) is 22.2 Å². The van der Waals surface area contributed by atoms with E-state index in [0.717, 1.165) is 24.4 Å². The van der Waals surface area contributed by atoms with E-state index in [2.05, 4.69) is 16.5 Å². The summed E-state index contributed by atoms with van der Waals surface area (Å²) in [5.74, 6) is 0.447. The number of carbonyl (C=O) groups excluding carboxylic acids is 1. The van der Waals surface area contributed by atoms with Gasteiger partial charge in [-0.15, -0.1) is 0 Å². The minimum atomic E-state index is -0.279. The standard InChI is InChI=1S/C11H17N5O/c1-8-9(7-12)11(16(2)15-8)14-6-4-3-5-10(13)17/h14H,3-6H2,1-2H3,(H2,13,17). The lowest BCUT2D eigenvalue weighted by Crippen LogP contribution is -2.12. The summed E-state index contributed by atoms with van der Waals surface area (Å²) in [6.45, 7) is 2.50. The molecule has 0 aliphatic rings. The van der Waals surface area contributed by atoms with Gasteiger partial charge in [-0.3, -0.25) is 9.48 Å². The Bertz CT molecular complexity index is 443. The lowest BCUT2D eigenvalue weighted by Gasteiger charge is -2.06. The Morgan fingerprint density at radius 2 is 2.29 bits per heavy atom. The van der Waals surface area contributed by atoms with Crippen molar-refractivity contribution in [2.45, 2.75) is 26.2 Å². The van der Waals surface area contributed by atoms with E-state index in [1.807, 2.05) is 0 Å². The molecule has 0 saturated carbocycles. The maximum Gasteiger partial charge on any atom is 0.217 e. The van der Waals surface area contributed by atoms with E-state index in [9.17, 15) is 4.79 Å². The maximum absolute atomic E-state index is 10.5. The molecule has 1 heterocycles. The van der Waals surface area contributed by atoms with E-state index >= 15 is 0 Å². The quantitative estimate of drug-likeness (QED) is 0.708. The van der Waals surface area contributed by atoms with Crippen molar-refractivity contribution >= 4 is 11.7 Å². The highest BCUT2D eigenvalue weighted by Crippen LogP contribution is 2.17. The molecule has 6 heteroatoms. The molecule has 1 aromatic rings. The molecule has 0 saturated heterocycles.